The molecular formula is C10H7BrF4O2. The molecule has 2 nitrogen and oxygen atoms in total. The highest BCUT2D eigenvalue weighted by Gasteiger charge is 2.32. The Morgan fingerprint density at radius 1 is 1.35 bits per heavy atom. The van der Waals surface area contributed by atoms with Gasteiger partial charge in [0.1, 0.15) is 5.78 Å². The molecule has 0 spiro atoms. The van der Waals surface area contributed by atoms with Gasteiger partial charge < -0.3 is 4.74 Å². The van der Waals surface area contributed by atoms with Crippen LogP contribution in [0.1, 0.15) is 5.56 Å². The molecule has 0 aliphatic rings. The molecule has 0 aromatic heterocycles. The second-order valence-electron chi connectivity index (χ2n) is 3.16. The summed E-state index contributed by atoms with van der Waals surface area (Å²) in [4.78, 5) is 11.0. The van der Waals surface area contributed by atoms with Crippen LogP contribution < -0.4 is 4.74 Å². The Bertz CT molecular complexity index is 417. The van der Waals surface area contributed by atoms with Crippen LogP contribution in [0.4, 0.5) is 17.6 Å². The van der Waals surface area contributed by atoms with Crippen molar-refractivity contribution < 1.29 is 27.1 Å². The molecule has 0 aliphatic heterocycles. The Hall–Kier alpha value is -1.11. The van der Waals surface area contributed by atoms with E-state index in [1.54, 1.807) is 0 Å². The summed E-state index contributed by atoms with van der Waals surface area (Å²) in [7, 11) is 0. The van der Waals surface area contributed by atoms with Gasteiger partial charge >= 0.3 is 6.36 Å². The predicted octanol–water partition coefficient (Wildman–Crippen LogP) is 3.23. The number of halogens is 5. The van der Waals surface area contributed by atoms with E-state index in [4.69, 9.17) is 0 Å². The minimum Gasteiger partial charge on any atom is -0.403 e. The van der Waals surface area contributed by atoms with Gasteiger partial charge in [0.15, 0.2) is 11.6 Å². The lowest BCUT2D eigenvalue weighted by molar-refractivity contribution is -0.275. The highest BCUT2D eigenvalue weighted by molar-refractivity contribution is 9.09. The fourth-order valence-electron chi connectivity index (χ4n) is 1.14. The van der Waals surface area contributed by atoms with Crippen molar-refractivity contribution in [2.75, 3.05) is 5.33 Å². The van der Waals surface area contributed by atoms with Gasteiger partial charge in [0, 0.05) is 6.42 Å². The van der Waals surface area contributed by atoms with Gasteiger partial charge in [0.25, 0.3) is 0 Å². The van der Waals surface area contributed by atoms with Crippen LogP contribution in [-0.4, -0.2) is 17.5 Å². The number of hydrogen-bond acceptors (Lipinski definition) is 2. The van der Waals surface area contributed by atoms with E-state index in [0.717, 1.165) is 12.1 Å². The maximum atomic E-state index is 13.2. The van der Waals surface area contributed by atoms with E-state index >= 15 is 0 Å². The van der Waals surface area contributed by atoms with Crippen LogP contribution in [-0.2, 0) is 11.2 Å². The molecule has 0 amide bonds. The zero-order chi connectivity index (χ0) is 13.1. The van der Waals surface area contributed by atoms with Crippen LogP contribution in [0.5, 0.6) is 5.75 Å². The molecule has 7 heteroatoms. The molecule has 0 fully saturated rings. The monoisotopic (exact) mass is 314 g/mol. The van der Waals surface area contributed by atoms with Gasteiger partial charge in [-0.05, 0) is 17.7 Å². The fraction of sp³-hybridized carbons (Fsp3) is 0.300. The zero-order valence-corrected chi connectivity index (χ0v) is 9.94. The summed E-state index contributed by atoms with van der Waals surface area (Å²) in [5, 5.41) is 0.107. The van der Waals surface area contributed by atoms with Gasteiger partial charge in [-0.1, -0.05) is 22.0 Å². The van der Waals surface area contributed by atoms with E-state index in [0.29, 0.717) is 5.56 Å². The largest absolute Gasteiger partial charge is 0.573 e. The molecular weight excluding hydrogens is 308 g/mol. The van der Waals surface area contributed by atoms with E-state index in [1.807, 2.05) is 0 Å². The van der Waals surface area contributed by atoms with Crippen LogP contribution in [0.3, 0.4) is 0 Å². The summed E-state index contributed by atoms with van der Waals surface area (Å²) in [6.45, 7) is 0. The van der Waals surface area contributed by atoms with Crippen molar-refractivity contribution >= 4 is 21.7 Å². The van der Waals surface area contributed by atoms with E-state index in [9.17, 15) is 22.4 Å². The maximum Gasteiger partial charge on any atom is 0.573 e. The molecule has 1 aromatic carbocycles. The van der Waals surface area contributed by atoms with Crippen LogP contribution in [0, 0.1) is 5.82 Å². The van der Waals surface area contributed by atoms with Crippen molar-refractivity contribution in [3.63, 3.8) is 0 Å². The van der Waals surface area contributed by atoms with E-state index in [2.05, 4.69) is 20.7 Å². The van der Waals surface area contributed by atoms with Crippen molar-refractivity contribution in [1.82, 2.24) is 0 Å². The van der Waals surface area contributed by atoms with E-state index in [-0.39, 0.29) is 17.5 Å². The fourth-order valence-corrected chi connectivity index (χ4v) is 1.33. The molecule has 0 atom stereocenters. The number of Topliss-reactive ketones (excluding diaryl/α,β-unsaturated/α-hetero) is 1. The van der Waals surface area contributed by atoms with Crippen molar-refractivity contribution in [3.05, 3.63) is 29.6 Å². The summed E-state index contributed by atoms with van der Waals surface area (Å²) >= 11 is 2.93. The van der Waals surface area contributed by atoms with Crippen molar-refractivity contribution in [2.24, 2.45) is 0 Å². The van der Waals surface area contributed by atoms with Crippen LogP contribution in [0.25, 0.3) is 0 Å². The Labute approximate surface area is 103 Å². The lowest BCUT2D eigenvalue weighted by Gasteiger charge is -2.10. The normalized spacial score (nSPS) is 11.4. The Kier molecular flexibility index (Phi) is 4.50. The summed E-state index contributed by atoms with van der Waals surface area (Å²) < 4.78 is 52.1. The van der Waals surface area contributed by atoms with Crippen LogP contribution in [0.15, 0.2) is 18.2 Å². The predicted molar refractivity (Wildman–Crippen MR) is 55.6 cm³/mol. The van der Waals surface area contributed by atoms with Crippen molar-refractivity contribution in [2.45, 2.75) is 12.8 Å². The quantitative estimate of drug-likeness (QED) is 0.630. The van der Waals surface area contributed by atoms with Gasteiger partial charge in [-0.2, -0.15) is 0 Å². The Morgan fingerprint density at radius 3 is 2.47 bits per heavy atom. The lowest BCUT2D eigenvalue weighted by atomic mass is 10.1. The van der Waals surface area contributed by atoms with Gasteiger partial charge in [0.2, 0.25) is 0 Å². The van der Waals surface area contributed by atoms with E-state index < -0.39 is 17.9 Å². The molecule has 0 radical (unpaired) electrons. The van der Waals surface area contributed by atoms with Gasteiger partial charge in [-0.3, -0.25) is 4.79 Å². The number of alkyl halides is 4. The summed E-state index contributed by atoms with van der Waals surface area (Å²) in [6.07, 6.45) is -4.98. The molecule has 94 valence electrons. The number of hydrogen-bond donors (Lipinski definition) is 0. The molecule has 1 rings (SSSR count). The first-order valence-electron chi connectivity index (χ1n) is 4.43. The highest BCUT2D eigenvalue weighted by atomic mass is 79.9. The van der Waals surface area contributed by atoms with Crippen LogP contribution >= 0.6 is 15.9 Å². The van der Waals surface area contributed by atoms with Crippen molar-refractivity contribution in [1.29, 1.82) is 0 Å². The third kappa shape index (κ3) is 4.72. The molecule has 0 saturated carbocycles. The van der Waals surface area contributed by atoms with Gasteiger partial charge in [-0.15, -0.1) is 13.2 Å². The topological polar surface area (TPSA) is 26.3 Å². The first kappa shape index (κ1) is 14.0. The minimum absolute atomic E-state index is 0.0472. The first-order valence-corrected chi connectivity index (χ1v) is 5.56. The molecule has 17 heavy (non-hydrogen) atoms. The third-order valence-electron chi connectivity index (χ3n) is 1.77. The molecule has 0 saturated heterocycles. The number of ether oxygens (including phenoxy) is 1. The third-order valence-corrected chi connectivity index (χ3v) is 2.40. The molecule has 0 N–H and O–H groups in total. The van der Waals surface area contributed by atoms with Crippen molar-refractivity contribution in [3.8, 4) is 5.75 Å². The second kappa shape index (κ2) is 5.48. The lowest BCUT2D eigenvalue weighted by Crippen LogP contribution is -2.18. The standard InChI is InChI=1S/C10H7BrF4O2/c11-5-7(16)3-6-1-2-9(8(12)4-6)17-10(13,14)15/h1-2,4H,3,5H2. The highest BCUT2D eigenvalue weighted by Crippen LogP contribution is 2.26. The summed E-state index contributed by atoms with van der Waals surface area (Å²) in [5.74, 6) is -2.26. The zero-order valence-electron chi connectivity index (χ0n) is 8.35. The molecule has 0 unspecified atom stereocenters. The smallest absolute Gasteiger partial charge is 0.403 e. The number of carbonyl (C=O) groups is 1. The second-order valence-corrected chi connectivity index (χ2v) is 3.72. The maximum absolute atomic E-state index is 13.2. The number of carbonyl (C=O) groups excluding carboxylic acids is 1. The molecule has 0 bridgehead atoms. The number of rotatable bonds is 4. The molecule has 0 aliphatic carbocycles. The number of benzene rings is 1. The Balaban J connectivity index is 2.83. The SMILES string of the molecule is O=C(CBr)Cc1ccc(OC(F)(F)F)c(F)c1. The average molecular weight is 315 g/mol. The minimum atomic E-state index is -4.94. The molecule has 0 heterocycles. The average Bonchev–Trinajstić information content (AvgIpc) is 2.20. The number of ketones is 1. The van der Waals surface area contributed by atoms with Gasteiger partial charge in [0.05, 0.1) is 5.33 Å². The van der Waals surface area contributed by atoms with E-state index in [1.165, 1.54) is 6.07 Å². The first-order chi connectivity index (χ1) is 7.81. The molecule has 1 aromatic rings. The summed E-state index contributed by atoms with van der Waals surface area (Å²) in [6, 6.07) is 2.91. The Morgan fingerprint density at radius 2 is 2.00 bits per heavy atom. The van der Waals surface area contributed by atoms with Crippen LogP contribution in [0.2, 0.25) is 0 Å². The van der Waals surface area contributed by atoms with Gasteiger partial charge in [-0.25, -0.2) is 4.39 Å². The summed E-state index contributed by atoms with van der Waals surface area (Å²) in [5.41, 5.74) is 0.293.